The van der Waals surface area contributed by atoms with E-state index in [1.807, 2.05) is 98.8 Å². The first-order valence-electron chi connectivity index (χ1n) is 14.3. The summed E-state index contributed by atoms with van der Waals surface area (Å²) in [7, 11) is 0. The van der Waals surface area contributed by atoms with Crippen molar-refractivity contribution in [2.45, 2.75) is 38.6 Å². The van der Waals surface area contributed by atoms with E-state index < -0.39 is 0 Å². The predicted molar refractivity (Wildman–Crippen MR) is 168 cm³/mol. The number of amides is 3. The molecule has 3 aromatic rings. The van der Waals surface area contributed by atoms with Gasteiger partial charge in [0, 0.05) is 49.8 Å². The highest BCUT2D eigenvalue weighted by Crippen LogP contribution is 2.25. The molecule has 0 aromatic heterocycles. The van der Waals surface area contributed by atoms with Crippen LogP contribution in [0.25, 0.3) is 0 Å². The van der Waals surface area contributed by atoms with Crippen LogP contribution >= 0.6 is 0 Å². The predicted octanol–water partition coefficient (Wildman–Crippen LogP) is 5.67. The fourth-order valence-electron chi connectivity index (χ4n) is 5.10. The van der Waals surface area contributed by atoms with E-state index >= 15 is 0 Å². The largest absolute Gasteiger partial charge is 0.369 e. The van der Waals surface area contributed by atoms with Gasteiger partial charge in [0.25, 0.3) is 0 Å². The molecule has 1 atom stereocenters. The number of hydrogen-bond acceptors (Lipinski definition) is 5. The second-order valence-corrected chi connectivity index (χ2v) is 10.6. The van der Waals surface area contributed by atoms with E-state index in [9.17, 15) is 9.59 Å². The van der Waals surface area contributed by atoms with E-state index in [4.69, 9.17) is 5.84 Å². The quantitative estimate of drug-likeness (QED) is 0.181. The minimum Gasteiger partial charge on any atom is -0.369 e. The van der Waals surface area contributed by atoms with Crippen LogP contribution in [0.1, 0.15) is 38.2 Å². The van der Waals surface area contributed by atoms with Crippen molar-refractivity contribution in [1.29, 1.82) is 0 Å². The molecule has 3 amide bonds. The molecule has 8 nitrogen and oxygen atoms in total. The molecular formula is C33H42N6O2. The minimum absolute atomic E-state index is 0.0377. The number of nitrogens with zero attached hydrogens (tertiary/aromatic N) is 4. The molecule has 1 aliphatic rings. The lowest BCUT2D eigenvalue weighted by Gasteiger charge is -2.36. The smallest absolute Gasteiger partial charge is 0.342 e. The Bertz CT molecular complexity index is 1260. The van der Waals surface area contributed by atoms with Crippen molar-refractivity contribution >= 4 is 29.0 Å². The van der Waals surface area contributed by atoms with Crippen LogP contribution in [0.3, 0.4) is 0 Å². The zero-order valence-electron chi connectivity index (χ0n) is 24.2. The van der Waals surface area contributed by atoms with Crippen molar-refractivity contribution in [3.63, 3.8) is 0 Å². The number of benzene rings is 3. The van der Waals surface area contributed by atoms with Crippen molar-refractivity contribution < 1.29 is 9.59 Å². The first-order chi connectivity index (χ1) is 19.9. The molecule has 41 heavy (non-hydrogen) atoms. The fraction of sp³-hybridized carbons (Fsp3) is 0.333. The minimum atomic E-state index is -0.316. The molecule has 0 spiro atoms. The summed E-state index contributed by atoms with van der Waals surface area (Å²) in [6.07, 6.45) is 3.22. The summed E-state index contributed by atoms with van der Waals surface area (Å²) < 4.78 is 0. The van der Waals surface area contributed by atoms with Gasteiger partial charge in [-0.15, -0.1) is 0 Å². The van der Waals surface area contributed by atoms with E-state index in [-0.39, 0.29) is 23.9 Å². The van der Waals surface area contributed by atoms with Gasteiger partial charge in [0.2, 0.25) is 5.91 Å². The molecule has 1 heterocycles. The lowest BCUT2D eigenvalue weighted by Crippen LogP contribution is -2.48. The third-order valence-corrected chi connectivity index (χ3v) is 7.56. The highest BCUT2D eigenvalue weighted by molar-refractivity contribution is 5.96. The third-order valence-electron chi connectivity index (χ3n) is 7.56. The Labute approximate surface area is 244 Å². The molecule has 0 saturated carbocycles. The summed E-state index contributed by atoms with van der Waals surface area (Å²) in [6, 6.07) is 27.2. The van der Waals surface area contributed by atoms with Gasteiger partial charge < -0.3 is 10.2 Å². The number of nitrogens with two attached hydrogens (primary N) is 1. The third kappa shape index (κ3) is 7.96. The van der Waals surface area contributed by atoms with Gasteiger partial charge in [-0.1, -0.05) is 55.1 Å². The van der Waals surface area contributed by atoms with Crippen molar-refractivity contribution in [2.24, 2.45) is 5.84 Å². The average molecular weight is 555 g/mol. The molecule has 4 rings (SSSR count). The van der Waals surface area contributed by atoms with Crippen LogP contribution in [0.5, 0.6) is 0 Å². The summed E-state index contributed by atoms with van der Waals surface area (Å²) in [4.78, 5) is 32.2. The number of anilines is 3. The molecule has 0 bridgehead atoms. The molecule has 1 fully saturated rings. The number of para-hydroxylation sites is 1. The number of rotatable bonds is 11. The number of urea groups is 1. The standard InChI is InChI=1S/C33H42N6O2/c1-4-38(33(41)39(34)26(2)3)30-19-17-29(18-20-30)37-24-22-36(23-25-37)21-11-16-31(27-12-7-5-8-13-27)32(40)35-28-14-9-6-10-15-28/h4-10,12-15,17-20,26,31H,1,11,16,21-25,34H2,2-3H3,(H,35,40). The molecule has 8 heteroatoms. The molecule has 1 saturated heterocycles. The monoisotopic (exact) mass is 554 g/mol. The number of carbonyl (C=O) groups is 2. The highest BCUT2D eigenvalue weighted by Gasteiger charge is 2.23. The maximum absolute atomic E-state index is 13.2. The Morgan fingerprint density at radius 1 is 0.927 bits per heavy atom. The average Bonchev–Trinajstić information content (AvgIpc) is 3.00. The zero-order chi connectivity index (χ0) is 29.2. The maximum Gasteiger partial charge on any atom is 0.342 e. The maximum atomic E-state index is 13.2. The Kier molecular flexibility index (Phi) is 10.5. The molecule has 3 aromatic carbocycles. The molecule has 1 aliphatic heterocycles. The van der Waals surface area contributed by atoms with Crippen molar-refractivity contribution in [3.8, 4) is 0 Å². The van der Waals surface area contributed by atoms with E-state index in [0.29, 0.717) is 0 Å². The number of hydrogen-bond donors (Lipinski definition) is 2. The van der Waals surface area contributed by atoms with Crippen LogP contribution in [0.2, 0.25) is 0 Å². The van der Waals surface area contributed by atoms with Crippen LogP contribution in [-0.4, -0.2) is 60.6 Å². The van der Waals surface area contributed by atoms with Crippen LogP contribution in [-0.2, 0) is 4.79 Å². The number of piperazine rings is 1. The molecule has 216 valence electrons. The van der Waals surface area contributed by atoms with Crippen LogP contribution in [0, 0.1) is 0 Å². The van der Waals surface area contributed by atoms with E-state index in [1.165, 1.54) is 16.1 Å². The molecule has 1 unspecified atom stereocenters. The second-order valence-electron chi connectivity index (χ2n) is 10.6. The summed E-state index contributed by atoms with van der Waals surface area (Å²) in [5.41, 5.74) is 3.73. The van der Waals surface area contributed by atoms with Gasteiger partial charge in [0.1, 0.15) is 0 Å². The van der Waals surface area contributed by atoms with E-state index in [1.54, 1.807) is 0 Å². The van der Waals surface area contributed by atoms with Gasteiger partial charge in [-0.05, 0) is 75.2 Å². The highest BCUT2D eigenvalue weighted by atomic mass is 16.2. The number of nitrogens with one attached hydrogen (secondary N) is 1. The summed E-state index contributed by atoms with van der Waals surface area (Å²) in [5.74, 6) is 5.77. The molecular weight excluding hydrogens is 512 g/mol. The summed E-state index contributed by atoms with van der Waals surface area (Å²) in [6.45, 7) is 12.2. The fourth-order valence-corrected chi connectivity index (χ4v) is 5.10. The van der Waals surface area contributed by atoms with Crippen molar-refractivity contribution in [2.75, 3.05) is 47.8 Å². The van der Waals surface area contributed by atoms with Gasteiger partial charge in [0.05, 0.1) is 11.6 Å². The van der Waals surface area contributed by atoms with E-state index in [0.717, 1.165) is 68.2 Å². The number of hydrazine groups is 1. The van der Waals surface area contributed by atoms with Gasteiger partial charge in [0.15, 0.2) is 0 Å². The Morgan fingerprint density at radius 3 is 2.12 bits per heavy atom. The Morgan fingerprint density at radius 2 is 1.54 bits per heavy atom. The van der Waals surface area contributed by atoms with Gasteiger partial charge in [-0.2, -0.15) is 0 Å². The van der Waals surface area contributed by atoms with Gasteiger partial charge >= 0.3 is 6.03 Å². The SMILES string of the molecule is C=CN(C(=O)N(N)C(C)C)c1ccc(N2CCN(CCCC(C(=O)Nc3ccccc3)c3ccccc3)CC2)cc1. The summed E-state index contributed by atoms with van der Waals surface area (Å²) >= 11 is 0. The lowest BCUT2D eigenvalue weighted by molar-refractivity contribution is -0.117. The van der Waals surface area contributed by atoms with E-state index in [2.05, 4.69) is 21.7 Å². The Hall–Kier alpha value is -4.14. The second kappa shape index (κ2) is 14.5. The van der Waals surface area contributed by atoms with Gasteiger partial charge in [-0.25, -0.2) is 10.6 Å². The molecule has 0 aliphatic carbocycles. The van der Waals surface area contributed by atoms with Crippen LogP contribution in [0.4, 0.5) is 21.9 Å². The van der Waals surface area contributed by atoms with Crippen molar-refractivity contribution in [3.05, 3.63) is 103 Å². The number of carbonyl (C=O) groups excluding carboxylic acids is 2. The van der Waals surface area contributed by atoms with Gasteiger partial charge in [-0.3, -0.25) is 19.6 Å². The first kappa shape index (κ1) is 29.8. The topological polar surface area (TPSA) is 85.2 Å². The zero-order valence-corrected chi connectivity index (χ0v) is 24.2. The molecule has 3 N–H and O–H groups in total. The van der Waals surface area contributed by atoms with Crippen LogP contribution < -0.4 is 21.0 Å². The van der Waals surface area contributed by atoms with Crippen LogP contribution in [0.15, 0.2) is 97.7 Å². The molecule has 0 radical (unpaired) electrons. The summed E-state index contributed by atoms with van der Waals surface area (Å²) in [5, 5.41) is 4.29. The Balaban J connectivity index is 1.28. The normalized spacial score (nSPS) is 14.4. The first-order valence-corrected chi connectivity index (χ1v) is 14.3. The lowest BCUT2D eigenvalue weighted by atomic mass is 9.93. The van der Waals surface area contributed by atoms with Crippen molar-refractivity contribution in [1.82, 2.24) is 9.91 Å².